The van der Waals surface area contributed by atoms with Crippen molar-refractivity contribution >= 4 is 48.8 Å². The minimum Gasteiger partial charge on any atom is -0.352 e. The predicted molar refractivity (Wildman–Crippen MR) is 124 cm³/mol. The van der Waals surface area contributed by atoms with Crippen LogP contribution in [0.15, 0.2) is 58.3 Å². The Morgan fingerprint density at radius 2 is 1.88 bits per heavy atom. The number of benzene rings is 1. The van der Waals surface area contributed by atoms with Crippen molar-refractivity contribution in [3.8, 4) is 5.95 Å². The van der Waals surface area contributed by atoms with Gasteiger partial charge in [-0.3, -0.25) is 4.79 Å². The predicted octanol–water partition coefficient (Wildman–Crippen LogP) is 3.39. The number of amides is 1. The molecule has 0 radical (unpaired) electrons. The minimum absolute atomic E-state index is 0.0609. The van der Waals surface area contributed by atoms with Crippen molar-refractivity contribution in [3.05, 3.63) is 69.7 Å². The van der Waals surface area contributed by atoms with Gasteiger partial charge in [0, 0.05) is 24.0 Å². The number of carbonyl (C=O) groups is 1. The number of sulfone groups is 1. The van der Waals surface area contributed by atoms with Crippen molar-refractivity contribution in [2.45, 2.75) is 24.2 Å². The molecule has 0 saturated carbocycles. The average Bonchev–Trinajstić information content (AvgIpc) is 3.19. The Bertz CT molecular complexity index is 1270. The highest BCUT2D eigenvalue weighted by molar-refractivity contribution is 9.10. The first-order valence-corrected chi connectivity index (χ1v) is 12.6. The maximum absolute atomic E-state index is 12.4. The molecule has 0 spiro atoms. The zero-order chi connectivity index (χ0) is 22.7. The van der Waals surface area contributed by atoms with E-state index in [1.165, 1.54) is 24.3 Å². The van der Waals surface area contributed by atoms with Crippen LogP contribution in [-0.4, -0.2) is 46.4 Å². The number of hydrogen-bond acceptors (Lipinski definition) is 6. The van der Waals surface area contributed by atoms with Gasteiger partial charge < -0.3 is 5.32 Å². The zero-order valence-corrected chi connectivity index (χ0v) is 20.0. The van der Waals surface area contributed by atoms with Gasteiger partial charge in [-0.2, -0.15) is 9.78 Å². The van der Waals surface area contributed by atoms with Crippen LogP contribution in [0.5, 0.6) is 0 Å². The number of hydrogen-bond donors (Lipinski definition) is 1. The number of nitrogens with zero attached hydrogens (tertiary/aromatic N) is 4. The Balaban J connectivity index is 1.46. The van der Waals surface area contributed by atoms with E-state index in [1.54, 1.807) is 17.1 Å². The summed E-state index contributed by atoms with van der Waals surface area (Å²) in [6.45, 7) is 0.204. The van der Waals surface area contributed by atoms with Crippen molar-refractivity contribution in [2.75, 3.05) is 12.3 Å². The van der Waals surface area contributed by atoms with Gasteiger partial charge in [-0.05, 0) is 70.6 Å². The van der Waals surface area contributed by atoms with Gasteiger partial charge in [-0.15, -0.1) is 0 Å². The second-order valence-electron chi connectivity index (χ2n) is 7.23. The van der Waals surface area contributed by atoms with E-state index in [0.717, 1.165) is 40.6 Å². The summed E-state index contributed by atoms with van der Waals surface area (Å²) in [5.41, 5.74) is 3.02. The molecule has 0 aliphatic heterocycles. The number of carbonyl (C=O) groups excluding carboxylic acids is 1. The number of aryl methyl sites for hydroxylation is 1. The van der Waals surface area contributed by atoms with E-state index in [2.05, 4.69) is 36.3 Å². The van der Waals surface area contributed by atoms with Crippen molar-refractivity contribution in [1.29, 1.82) is 0 Å². The largest absolute Gasteiger partial charge is 0.352 e. The number of allylic oxidation sites excluding steroid dienone is 1. The third kappa shape index (κ3) is 5.08. The molecule has 3 aromatic rings. The van der Waals surface area contributed by atoms with Gasteiger partial charge in [0.2, 0.25) is 5.91 Å². The van der Waals surface area contributed by atoms with E-state index in [1.807, 2.05) is 12.3 Å². The van der Waals surface area contributed by atoms with E-state index < -0.39 is 21.5 Å². The van der Waals surface area contributed by atoms with Gasteiger partial charge in [-0.1, -0.05) is 17.7 Å². The van der Waals surface area contributed by atoms with Crippen LogP contribution in [0.4, 0.5) is 0 Å². The first-order valence-electron chi connectivity index (χ1n) is 9.83. The first kappa shape index (κ1) is 22.6. The molecule has 11 heteroatoms. The lowest BCUT2D eigenvalue weighted by Crippen LogP contribution is -2.30. The highest BCUT2D eigenvalue weighted by atomic mass is 79.9. The fourth-order valence-electron chi connectivity index (χ4n) is 3.50. The topological polar surface area (TPSA) is 107 Å². The van der Waals surface area contributed by atoms with Crippen molar-refractivity contribution in [2.24, 2.45) is 0 Å². The lowest BCUT2D eigenvalue weighted by molar-refractivity contribution is -0.118. The first-order chi connectivity index (χ1) is 15.3. The molecular formula is C21H19BrClN5O3S. The molecule has 0 unspecified atom stereocenters. The molecule has 1 aliphatic carbocycles. The fraction of sp³-hybridized carbons (Fsp3) is 0.238. The Morgan fingerprint density at radius 3 is 2.59 bits per heavy atom. The van der Waals surface area contributed by atoms with Crippen LogP contribution in [0.25, 0.3) is 11.5 Å². The standard InChI is InChI=1S/C21H19BrClN5O3S/c22-16-11-25-21(26-12-16)28-20-14(2-1-3-15(20)10-27-28)8-9-24-19(29)13-32(30,31)18-6-4-17(23)5-7-18/h4-8,10-12H,1-3,9,13H2,(H,24,29)/b14-8+. The Kier molecular flexibility index (Phi) is 6.73. The van der Waals surface area contributed by atoms with Crippen LogP contribution < -0.4 is 5.32 Å². The highest BCUT2D eigenvalue weighted by Gasteiger charge is 2.22. The summed E-state index contributed by atoms with van der Waals surface area (Å²) < 4.78 is 27.3. The molecule has 0 atom stereocenters. The smallest absolute Gasteiger partial charge is 0.251 e. The summed E-state index contributed by atoms with van der Waals surface area (Å²) in [6, 6.07) is 5.75. The maximum Gasteiger partial charge on any atom is 0.251 e. The molecule has 2 heterocycles. The lowest BCUT2D eigenvalue weighted by Gasteiger charge is -2.17. The average molecular weight is 537 g/mol. The van der Waals surface area contributed by atoms with Crippen LogP contribution in [0.3, 0.4) is 0 Å². The number of fused-ring (bicyclic) bond motifs is 1. The maximum atomic E-state index is 12.4. The minimum atomic E-state index is -3.74. The molecule has 32 heavy (non-hydrogen) atoms. The fourth-order valence-corrected chi connectivity index (χ4v) is 4.99. The summed E-state index contributed by atoms with van der Waals surface area (Å²) >= 11 is 9.12. The number of rotatable bonds is 6. The van der Waals surface area contributed by atoms with E-state index in [9.17, 15) is 13.2 Å². The van der Waals surface area contributed by atoms with Gasteiger partial charge in [0.05, 0.1) is 21.3 Å². The third-order valence-electron chi connectivity index (χ3n) is 4.98. The molecule has 1 N–H and O–H groups in total. The number of halogens is 2. The molecule has 8 nitrogen and oxygen atoms in total. The van der Waals surface area contributed by atoms with E-state index >= 15 is 0 Å². The van der Waals surface area contributed by atoms with E-state index in [0.29, 0.717) is 11.0 Å². The zero-order valence-electron chi connectivity index (χ0n) is 16.8. The Labute approximate surface area is 198 Å². The Morgan fingerprint density at radius 1 is 1.16 bits per heavy atom. The number of nitrogens with one attached hydrogen (secondary N) is 1. The number of aromatic nitrogens is 4. The van der Waals surface area contributed by atoms with E-state index in [4.69, 9.17) is 11.6 Å². The molecule has 1 amide bonds. The van der Waals surface area contributed by atoms with Gasteiger partial charge in [0.25, 0.3) is 5.95 Å². The lowest BCUT2D eigenvalue weighted by atomic mass is 9.93. The molecule has 1 aromatic carbocycles. The van der Waals surface area contributed by atoms with Gasteiger partial charge in [-0.25, -0.2) is 18.4 Å². The summed E-state index contributed by atoms with van der Waals surface area (Å²) in [7, 11) is -3.74. The Hall–Kier alpha value is -2.56. The van der Waals surface area contributed by atoms with Gasteiger partial charge in [0.1, 0.15) is 5.75 Å². The summed E-state index contributed by atoms with van der Waals surface area (Å²) in [6.07, 6.45) is 9.69. The van der Waals surface area contributed by atoms with Crippen LogP contribution >= 0.6 is 27.5 Å². The van der Waals surface area contributed by atoms with Gasteiger partial charge >= 0.3 is 0 Å². The van der Waals surface area contributed by atoms with Crippen LogP contribution in [0, 0.1) is 0 Å². The molecule has 166 valence electrons. The second-order valence-corrected chi connectivity index (χ2v) is 10.6. The normalized spacial score (nSPS) is 14.9. The van der Waals surface area contributed by atoms with Crippen molar-refractivity contribution < 1.29 is 13.2 Å². The third-order valence-corrected chi connectivity index (χ3v) is 7.27. The SMILES string of the molecule is O=C(CS(=O)(=O)c1ccc(Cl)cc1)NC/C=C1\CCCc2cnn(-c3ncc(Br)cn3)c21. The molecule has 0 fully saturated rings. The molecule has 1 aliphatic rings. The summed E-state index contributed by atoms with van der Waals surface area (Å²) in [5, 5.41) is 7.54. The molecule has 4 rings (SSSR count). The van der Waals surface area contributed by atoms with Crippen LogP contribution in [0.2, 0.25) is 5.02 Å². The summed E-state index contributed by atoms with van der Waals surface area (Å²) in [4.78, 5) is 21.0. The van der Waals surface area contributed by atoms with E-state index in [-0.39, 0.29) is 11.4 Å². The van der Waals surface area contributed by atoms with Crippen LogP contribution in [-0.2, 0) is 21.1 Å². The van der Waals surface area contributed by atoms with Crippen molar-refractivity contribution in [3.63, 3.8) is 0 Å². The quantitative estimate of drug-likeness (QED) is 0.518. The van der Waals surface area contributed by atoms with Crippen molar-refractivity contribution in [1.82, 2.24) is 25.1 Å². The monoisotopic (exact) mass is 535 g/mol. The summed E-state index contributed by atoms with van der Waals surface area (Å²) in [5.74, 6) is -0.744. The second kappa shape index (κ2) is 9.51. The molecule has 2 aromatic heterocycles. The molecular weight excluding hydrogens is 518 g/mol. The highest BCUT2D eigenvalue weighted by Crippen LogP contribution is 2.31. The van der Waals surface area contributed by atoms with Crippen LogP contribution in [0.1, 0.15) is 24.1 Å². The molecule has 0 saturated heterocycles. The molecule has 0 bridgehead atoms. The van der Waals surface area contributed by atoms with Gasteiger partial charge in [0.15, 0.2) is 9.84 Å².